The molecule has 0 saturated carbocycles. The molecular formula is C14H27N3O3S. The lowest BCUT2D eigenvalue weighted by Gasteiger charge is -2.40. The molecule has 1 amide bonds. The van der Waals surface area contributed by atoms with E-state index in [1.54, 1.807) is 0 Å². The molecule has 3 unspecified atom stereocenters. The number of nitrogens with two attached hydrogens (primary N) is 1. The third-order valence-electron chi connectivity index (χ3n) is 4.68. The predicted octanol–water partition coefficient (Wildman–Crippen LogP) is 0.386. The van der Waals surface area contributed by atoms with Crippen molar-refractivity contribution in [3.8, 4) is 0 Å². The van der Waals surface area contributed by atoms with Crippen LogP contribution in [0, 0.1) is 5.92 Å². The Morgan fingerprint density at radius 1 is 1.19 bits per heavy atom. The van der Waals surface area contributed by atoms with Gasteiger partial charge in [-0.15, -0.1) is 0 Å². The van der Waals surface area contributed by atoms with Crippen molar-refractivity contribution >= 4 is 15.9 Å². The lowest BCUT2D eigenvalue weighted by molar-refractivity contribution is -0.138. The lowest BCUT2D eigenvalue weighted by Crippen LogP contribution is -2.55. The zero-order valence-corrected chi connectivity index (χ0v) is 13.8. The summed E-state index contributed by atoms with van der Waals surface area (Å²) in [5.41, 5.74) is 5.96. The van der Waals surface area contributed by atoms with Gasteiger partial charge in [0.05, 0.1) is 6.26 Å². The van der Waals surface area contributed by atoms with Gasteiger partial charge in [-0.05, 0) is 38.5 Å². The summed E-state index contributed by atoms with van der Waals surface area (Å²) in [6.45, 7) is 3.81. The standard InChI is InChI=1S/C14H27N3O3S/c1-11(15)12-6-5-8-16(10-12)14(18)13-7-3-4-9-17(13)21(2,19)20/h11-13H,3-10,15H2,1-2H3. The van der Waals surface area contributed by atoms with E-state index in [1.165, 1.54) is 10.6 Å². The molecule has 7 heteroatoms. The van der Waals surface area contributed by atoms with E-state index in [-0.39, 0.29) is 11.9 Å². The van der Waals surface area contributed by atoms with Crippen LogP contribution in [-0.4, -0.2) is 61.5 Å². The number of hydrogen-bond donors (Lipinski definition) is 1. The second-order valence-electron chi connectivity index (χ2n) is 6.43. The van der Waals surface area contributed by atoms with Gasteiger partial charge in [0, 0.05) is 25.7 Å². The quantitative estimate of drug-likeness (QED) is 0.816. The number of likely N-dealkylation sites (tertiary alicyclic amines) is 1. The number of rotatable bonds is 3. The molecule has 2 aliphatic heterocycles. The van der Waals surface area contributed by atoms with Gasteiger partial charge in [0.25, 0.3) is 0 Å². The van der Waals surface area contributed by atoms with Crippen molar-refractivity contribution < 1.29 is 13.2 Å². The Kier molecular flexibility index (Phi) is 5.27. The van der Waals surface area contributed by atoms with E-state index < -0.39 is 16.1 Å². The Balaban J connectivity index is 2.10. The summed E-state index contributed by atoms with van der Waals surface area (Å²) >= 11 is 0. The summed E-state index contributed by atoms with van der Waals surface area (Å²) < 4.78 is 25.2. The molecule has 0 aliphatic carbocycles. The normalized spacial score (nSPS) is 30.1. The van der Waals surface area contributed by atoms with Gasteiger partial charge in [-0.2, -0.15) is 4.31 Å². The third kappa shape index (κ3) is 3.96. The Bertz CT molecular complexity index is 478. The molecule has 122 valence electrons. The van der Waals surface area contributed by atoms with Crippen molar-refractivity contribution in [3.05, 3.63) is 0 Å². The van der Waals surface area contributed by atoms with E-state index in [9.17, 15) is 13.2 Å². The van der Waals surface area contributed by atoms with E-state index in [1.807, 2.05) is 11.8 Å². The van der Waals surface area contributed by atoms with Crippen LogP contribution in [0.25, 0.3) is 0 Å². The fraction of sp³-hybridized carbons (Fsp3) is 0.929. The van der Waals surface area contributed by atoms with E-state index in [4.69, 9.17) is 5.73 Å². The minimum atomic E-state index is -3.33. The van der Waals surface area contributed by atoms with Crippen LogP contribution in [0.3, 0.4) is 0 Å². The Morgan fingerprint density at radius 3 is 2.52 bits per heavy atom. The summed E-state index contributed by atoms with van der Waals surface area (Å²) in [6, 6.07) is -0.446. The average molecular weight is 317 g/mol. The number of amides is 1. The maximum atomic E-state index is 12.8. The van der Waals surface area contributed by atoms with Crippen LogP contribution >= 0.6 is 0 Å². The largest absolute Gasteiger partial charge is 0.341 e. The molecule has 2 fully saturated rings. The van der Waals surface area contributed by atoms with Gasteiger partial charge in [-0.25, -0.2) is 8.42 Å². The molecule has 2 N–H and O–H groups in total. The van der Waals surface area contributed by atoms with E-state index in [0.717, 1.165) is 32.2 Å². The van der Waals surface area contributed by atoms with E-state index in [0.29, 0.717) is 25.4 Å². The van der Waals surface area contributed by atoms with Gasteiger partial charge < -0.3 is 10.6 Å². The second kappa shape index (κ2) is 6.62. The van der Waals surface area contributed by atoms with Gasteiger partial charge >= 0.3 is 0 Å². The Morgan fingerprint density at radius 2 is 1.90 bits per heavy atom. The minimum absolute atomic E-state index is 0.0366. The van der Waals surface area contributed by atoms with Crippen LogP contribution in [0.2, 0.25) is 0 Å². The minimum Gasteiger partial charge on any atom is -0.341 e. The molecule has 21 heavy (non-hydrogen) atoms. The van der Waals surface area contributed by atoms with Gasteiger partial charge in [0.15, 0.2) is 0 Å². The molecule has 2 heterocycles. The topological polar surface area (TPSA) is 83.7 Å². The number of piperidine rings is 2. The molecular weight excluding hydrogens is 290 g/mol. The predicted molar refractivity (Wildman–Crippen MR) is 82.1 cm³/mol. The molecule has 0 bridgehead atoms. The first-order valence-corrected chi connectivity index (χ1v) is 9.66. The molecule has 3 atom stereocenters. The van der Waals surface area contributed by atoms with Crippen molar-refractivity contribution in [2.24, 2.45) is 11.7 Å². The molecule has 0 radical (unpaired) electrons. The Hall–Kier alpha value is -0.660. The van der Waals surface area contributed by atoms with Crippen molar-refractivity contribution in [2.75, 3.05) is 25.9 Å². The first-order chi connectivity index (χ1) is 9.80. The SMILES string of the molecule is CC(N)C1CCCN(C(=O)C2CCCCN2S(C)(=O)=O)C1. The highest BCUT2D eigenvalue weighted by Gasteiger charge is 2.38. The maximum absolute atomic E-state index is 12.8. The molecule has 2 saturated heterocycles. The summed E-state index contributed by atoms with van der Waals surface area (Å²) in [5, 5.41) is 0. The number of carbonyl (C=O) groups is 1. The second-order valence-corrected chi connectivity index (χ2v) is 8.37. The highest BCUT2D eigenvalue weighted by molar-refractivity contribution is 7.88. The summed E-state index contributed by atoms with van der Waals surface area (Å²) in [7, 11) is -3.33. The summed E-state index contributed by atoms with van der Waals surface area (Å²) in [5.74, 6) is 0.281. The van der Waals surface area contributed by atoms with E-state index in [2.05, 4.69) is 0 Å². The number of carbonyl (C=O) groups excluding carboxylic acids is 1. The fourth-order valence-corrected chi connectivity index (χ4v) is 4.52. The van der Waals surface area contributed by atoms with Crippen LogP contribution in [0.1, 0.15) is 39.0 Å². The van der Waals surface area contributed by atoms with Gasteiger partial charge in [-0.3, -0.25) is 4.79 Å². The number of nitrogens with zero attached hydrogens (tertiary/aromatic N) is 2. The first kappa shape index (κ1) is 16.7. The highest BCUT2D eigenvalue weighted by atomic mass is 32.2. The van der Waals surface area contributed by atoms with Crippen LogP contribution < -0.4 is 5.73 Å². The van der Waals surface area contributed by atoms with Crippen molar-refractivity contribution in [1.29, 1.82) is 0 Å². The molecule has 2 rings (SSSR count). The zero-order chi connectivity index (χ0) is 15.6. The van der Waals surface area contributed by atoms with Crippen molar-refractivity contribution in [2.45, 2.75) is 51.1 Å². The molecule has 0 aromatic heterocycles. The summed E-state index contributed by atoms with van der Waals surface area (Å²) in [4.78, 5) is 14.6. The average Bonchev–Trinajstić information content (AvgIpc) is 2.45. The fourth-order valence-electron chi connectivity index (χ4n) is 3.40. The molecule has 0 aromatic carbocycles. The van der Waals surface area contributed by atoms with Gasteiger partial charge in [-0.1, -0.05) is 6.42 Å². The third-order valence-corrected chi connectivity index (χ3v) is 5.97. The smallest absolute Gasteiger partial charge is 0.241 e. The van der Waals surface area contributed by atoms with Crippen LogP contribution in [0.4, 0.5) is 0 Å². The summed E-state index contributed by atoms with van der Waals surface area (Å²) in [6.07, 6.45) is 5.56. The Labute approximate surface area is 127 Å². The van der Waals surface area contributed by atoms with E-state index >= 15 is 0 Å². The van der Waals surface area contributed by atoms with Crippen LogP contribution in [0.5, 0.6) is 0 Å². The molecule has 0 spiro atoms. The molecule has 0 aromatic rings. The molecule has 6 nitrogen and oxygen atoms in total. The lowest BCUT2D eigenvalue weighted by atomic mass is 9.91. The van der Waals surface area contributed by atoms with Crippen LogP contribution in [0.15, 0.2) is 0 Å². The van der Waals surface area contributed by atoms with Gasteiger partial charge in [0.2, 0.25) is 15.9 Å². The van der Waals surface area contributed by atoms with Crippen molar-refractivity contribution in [1.82, 2.24) is 9.21 Å². The number of hydrogen-bond acceptors (Lipinski definition) is 4. The molecule has 2 aliphatic rings. The first-order valence-electron chi connectivity index (χ1n) is 7.82. The maximum Gasteiger partial charge on any atom is 0.241 e. The van der Waals surface area contributed by atoms with Crippen LogP contribution in [-0.2, 0) is 14.8 Å². The number of sulfonamides is 1. The van der Waals surface area contributed by atoms with Gasteiger partial charge in [0.1, 0.15) is 6.04 Å². The van der Waals surface area contributed by atoms with Crippen molar-refractivity contribution in [3.63, 3.8) is 0 Å². The zero-order valence-electron chi connectivity index (χ0n) is 13.0. The monoisotopic (exact) mass is 317 g/mol. The highest BCUT2D eigenvalue weighted by Crippen LogP contribution is 2.25.